The third kappa shape index (κ3) is 11.6. The molecule has 1 aromatic heterocycles. The van der Waals surface area contributed by atoms with Gasteiger partial charge >= 0.3 is 5.97 Å². The standard InChI is InChI=1S/C19H16F2N2O.C8H16O2.C6H13NO2S/c1-12(2)23-19(24)18(14-6-4-8-16(21)10-14)17(11-22-23)13-5-3-7-15(20)9-13;1-6(2)7(9)10-8(3,4)5;1-5(2)7-10(8,9)6-3-4-6/h3-12H,1-2H3;6H,1-5H3;5-7H,3-4H2,1-2H3. The van der Waals surface area contributed by atoms with E-state index in [-0.39, 0.29) is 40.4 Å². The van der Waals surface area contributed by atoms with Crippen molar-refractivity contribution in [2.75, 3.05) is 0 Å². The Morgan fingerprint density at radius 1 is 0.955 bits per heavy atom. The molecule has 242 valence electrons. The van der Waals surface area contributed by atoms with Crippen LogP contribution in [-0.2, 0) is 19.6 Å². The zero-order valence-corrected chi connectivity index (χ0v) is 27.8. The van der Waals surface area contributed by atoms with Crippen molar-refractivity contribution in [1.29, 1.82) is 0 Å². The number of carbonyl (C=O) groups excluding carboxylic acids is 1. The average Bonchev–Trinajstić information content (AvgIpc) is 3.74. The Kier molecular flexibility index (Phi) is 13.0. The number of halogens is 2. The second-order valence-corrected chi connectivity index (χ2v) is 14.5. The molecule has 1 aliphatic carbocycles. The zero-order chi connectivity index (χ0) is 33.4. The number of sulfonamides is 1. The van der Waals surface area contributed by atoms with Crippen LogP contribution in [0.15, 0.2) is 59.5 Å². The molecule has 1 aliphatic rings. The van der Waals surface area contributed by atoms with Crippen molar-refractivity contribution >= 4 is 16.0 Å². The highest BCUT2D eigenvalue weighted by atomic mass is 32.2. The molecular formula is C33H45F2N3O5S. The summed E-state index contributed by atoms with van der Waals surface area (Å²) in [5, 5.41) is 4.09. The van der Waals surface area contributed by atoms with Crippen LogP contribution in [0, 0.1) is 17.6 Å². The van der Waals surface area contributed by atoms with E-state index in [1.165, 1.54) is 35.1 Å². The second kappa shape index (κ2) is 15.5. The summed E-state index contributed by atoms with van der Waals surface area (Å²) in [7, 11) is -2.94. The van der Waals surface area contributed by atoms with Crippen LogP contribution >= 0.6 is 0 Å². The first-order chi connectivity index (χ1) is 20.3. The number of nitrogens with zero attached hydrogens (tertiary/aromatic N) is 2. The number of hydrogen-bond donors (Lipinski definition) is 1. The maximum atomic E-state index is 13.7. The van der Waals surface area contributed by atoms with Crippen LogP contribution in [0.1, 0.15) is 81.2 Å². The van der Waals surface area contributed by atoms with Gasteiger partial charge in [-0.2, -0.15) is 5.10 Å². The first kappa shape index (κ1) is 36.8. The van der Waals surface area contributed by atoms with E-state index in [1.807, 2.05) is 62.3 Å². The lowest BCUT2D eigenvalue weighted by Gasteiger charge is -2.20. The van der Waals surface area contributed by atoms with Crippen LogP contribution in [0.25, 0.3) is 22.3 Å². The molecule has 44 heavy (non-hydrogen) atoms. The maximum absolute atomic E-state index is 13.7. The monoisotopic (exact) mass is 633 g/mol. The normalized spacial score (nSPS) is 13.2. The van der Waals surface area contributed by atoms with E-state index in [1.54, 1.807) is 24.3 Å². The lowest BCUT2D eigenvalue weighted by molar-refractivity contribution is -0.158. The van der Waals surface area contributed by atoms with Crippen LogP contribution < -0.4 is 10.3 Å². The van der Waals surface area contributed by atoms with E-state index in [9.17, 15) is 26.8 Å². The van der Waals surface area contributed by atoms with E-state index >= 15 is 0 Å². The minimum absolute atomic E-state index is 0.0285. The highest BCUT2D eigenvalue weighted by molar-refractivity contribution is 7.90. The largest absolute Gasteiger partial charge is 0.460 e. The minimum Gasteiger partial charge on any atom is -0.460 e. The maximum Gasteiger partial charge on any atom is 0.308 e. The molecule has 4 rings (SSSR count). The summed E-state index contributed by atoms with van der Waals surface area (Å²) in [5.41, 5.74) is 1.07. The van der Waals surface area contributed by atoms with Gasteiger partial charge in [-0.05, 0) is 96.7 Å². The number of esters is 1. The Balaban J connectivity index is 0.000000279. The van der Waals surface area contributed by atoms with Crippen LogP contribution in [0.4, 0.5) is 8.78 Å². The van der Waals surface area contributed by atoms with Gasteiger partial charge in [0.1, 0.15) is 17.2 Å². The SMILES string of the molecule is CC(C)C(=O)OC(C)(C)C.CC(C)NS(=O)(=O)C1CC1.CC(C)n1ncc(-c2cccc(F)c2)c(-c2cccc(F)c2)c1=O. The molecule has 0 spiro atoms. The molecule has 0 unspecified atom stereocenters. The molecule has 1 heterocycles. The zero-order valence-electron chi connectivity index (χ0n) is 27.0. The number of carbonyl (C=O) groups is 1. The van der Waals surface area contributed by atoms with Gasteiger partial charge in [-0.1, -0.05) is 38.1 Å². The summed E-state index contributed by atoms with van der Waals surface area (Å²) in [5.74, 6) is -1.01. The molecule has 0 bridgehead atoms. The summed E-state index contributed by atoms with van der Waals surface area (Å²) in [6.45, 7) is 16.6. The smallest absolute Gasteiger partial charge is 0.308 e. The molecule has 2 aromatic carbocycles. The summed E-state index contributed by atoms with van der Waals surface area (Å²) in [6, 6.07) is 11.6. The predicted octanol–water partition coefficient (Wildman–Crippen LogP) is 6.90. The van der Waals surface area contributed by atoms with E-state index in [2.05, 4.69) is 9.82 Å². The molecule has 8 nitrogen and oxygen atoms in total. The Morgan fingerprint density at radius 2 is 1.48 bits per heavy atom. The van der Waals surface area contributed by atoms with Crippen molar-refractivity contribution in [2.24, 2.45) is 5.92 Å². The van der Waals surface area contributed by atoms with E-state index in [4.69, 9.17) is 4.74 Å². The summed E-state index contributed by atoms with van der Waals surface area (Å²) in [6.07, 6.45) is 3.19. The van der Waals surface area contributed by atoms with Crippen molar-refractivity contribution < 1.29 is 26.7 Å². The summed E-state index contributed by atoms with van der Waals surface area (Å²) in [4.78, 5) is 23.8. The topological polar surface area (TPSA) is 107 Å². The lowest BCUT2D eigenvalue weighted by atomic mass is 9.97. The fourth-order valence-electron chi connectivity index (χ4n) is 3.86. The van der Waals surface area contributed by atoms with Crippen LogP contribution in [0.3, 0.4) is 0 Å². The van der Waals surface area contributed by atoms with Gasteiger partial charge in [-0.15, -0.1) is 0 Å². The van der Waals surface area contributed by atoms with Gasteiger partial charge in [0, 0.05) is 11.6 Å². The number of hydrogen-bond acceptors (Lipinski definition) is 6. The van der Waals surface area contributed by atoms with Gasteiger partial charge in [0.2, 0.25) is 10.0 Å². The molecule has 0 aliphatic heterocycles. The van der Waals surface area contributed by atoms with Crippen LogP contribution in [-0.4, -0.2) is 41.1 Å². The summed E-state index contributed by atoms with van der Waals surface area (Å²) >= 11 is 0. The van der Waals surface area contributed by atoms with Gasteiger partial charge in [-0.3, -0.25) is 9.59 Å². The molecule has 0 atom stereocenters. The molecule has 1 N–H and O–H groups in total. The van der Waals surface area contributed by atoms with E-state index in [0.717, 1.165) is 12.8 Å². The molecular weight excluding hydrogens is 588 g/mol. The van der Waals surface area contributed by atoms with Crippen LogP contribution in [0.2, 0.25) is 0 Å². The van der Waals surface area contributed by atoms with Gasteiger partial charge in [0.05, 0.1) is 29.0 Å². The number of benzene rings is 2. The molecule has 0 saturated heterocycles. The van der Waals surface area contributed by atoms with Gasteiger partial charge in [0.25, 0.3) is 5.56 Å². The van der Waals surface area contributed by atoms with Gasteiger partial charge in [0.15, 0.2) is 0 Å². The van der Waals surface area contributed by atoms with Crippen molar-refractivity contribution in [1.82, 2.24) is 14.5 Å². The lowest BCUT2D eigenvalue weighted by Crippen LogP contribution is -2.32. The number of ether oxygens (including phenoxy) is 1. The first-order valence-corrected chi connectivity index (χ1v) is 16.2. The number of aromatic nitrogens is 2. The number of nitrogens with one attached hydrogen (secondary N) is 1. The third-order valence-electron chi connectivity index (χ3n) is 5.98. The molecule has 0 radical (unpaired) electrons. The predicted molar refractivity (Wildman–Crippen MR) is 171 cm³/mol. The second-order valence-electron chi connectivity index (χ2n) is 12.5. The molecule has 11 heteroatoms. The Labute approximate surface area is 259 Å². The van der Waals surface area contributed by atoms with Gasteiger partial charge < -0.3 is 4.74 Å². The molecule has 0 amide bonds. The van der Waals surface area contributed by atoms with Crippen LogP contribution in [0.5, 0.6) is 0 Å². The van der Waals surface area contributed by atoms with Gasteiger partial charge in [-0.25, -0.2) is 26.6 Å². The Hall–Kier alpha value is -3.44. The highest BCUT2D eigenvalue weighted by Crippen LogP contribution is 2.30. The quantitative estimate of drug-likeness (QED) is 0.284. The first-order valence-electron chi connectivity index (χ1n) is 14.7. The molecule has 3 aromatic rings. The molecule has 1 saturated carbocycles. The fourth-order valence-corrected chi connectivity index (χ4v) is 5.46. The van der Waals surface area contributed by atoms with Crippen molar-refractivity contribution in [3.63, 3.8) is 0 Å². The van der Waals surface area contributed by atoms with E-state index in [0.29, 0.717) is 22.3 Å². The third-order valence-corrected chi connectivity index (χ3v) is 8.13. The average molecular weight is 634 g/mol. The number of rotatable bonds is 7. The minimum atomic E-state index is -2.94. The molecule has 1 fully saturated rings. The summed E-state index contributed by atoms with van der Waals surface area (Å²) < 4.78 is 58.4. The fraction of sp³-hybridized carbons (Fsp3) is 0.485. The van der Waals surface area contributed by atoms with Crippen molar-refractivity contribution in [2.45, 2.75) is 98.1 Å². The van der Waals surface area contributed by atoms with Crippen molar-refractivity contribution in [3.8, 4) is 22.3 Å². The highest BCUT2D eigenvalue weighted by Gasteiger charge is 2.35. The van der Waals surface area contributed by atoms with E-state index < -0.39 is 21.7 Å². The Bertz CT molecular complexity index is 1570. The van der Waals surface area contributed by atoms with Crippen molar-refractivity contribution in [3.05, 3.63) is 76.7 Å². The Morgan fingerprint density at radius 3 is 1.89 bits per heavy atom.